The van der Waals surface area contributed by atoms with Crippen molar-refractivity contribution in [2.45, 2.75) is 13.8 Å². The molecule has 0 atom stereocenters. The fourth-order valence-electron chi connectivity index (χ4n) is 1.18. The van der Waals surface area contributed by atoms with Crippen LogP contribution < -0.4 is 5.09 Å². The minimum Gasteiger partial charge on any atom is -0.279 e. The summed E-state index contributed by atoms with van der Waals surface area (Å²) in [4.78, 5) is 11.6. The second-order valence-corrected chi connectivity index (χ2v) is 7.67. The zero-order valence-electron chi connectivity index (χ0n) is 8.25. The molecule has 82 valence electrons. The number of carbonyl (C=O) groups is 1. The number of halogens is 2. The van der Waals surface area contributed by atoms with Gasteiger partial charge in [-0.1, -0.05) is 12.1 Å². The zero-order chi connectivity index (χ0) is 11.6. The lowest BCUT2D eigenvalue weighted by molar-refractivity contribution is 0.0981. The van der Waals surface area contributed by atoms with Crippen LogP contribution in [0.5, 0.6) is 0 Å². The molecule has 0 bridgehead atoms. The normalized spacial score (nSPS) is 11.2. The van der Waals surface area contributed by atoms with Gasteiger partial charge in [0.15, 0.2) is 0 Å². The first-order valence-electron chi connectivity index (χ1n) is 4.19. The van der Waals surface area contributed by atoms with Crippen LogP contribution in [0.4, 0.5) is 0 Å². The molecule has 1 aromatic carbocycles. The van der Waals surface area contributed by atoms with Crippen LogP contribution in [0, 0.1) is 13.8 Å². The number of hydrogen-bond donors (Lipinski definition) is 1. The highest BCUT2D eigenvalue weighted by Crippen LogP contribution is 2.52. The molecule has 0 aliphatic heterocycles. The minimum absolute atomic E-state index is 0.427. The van der Waals surface area contributed by atoms with Gasteiger partial charge in [0.05, 0.1) is 0 Å². The molecule has 1 amide bonds. The molecule has 1 N–H and O–H groups in total. The highest BCUT2D eigenvalue weighted by Gasteiger charge is 2.19. The molecule has 6 heteroatoms. The molecule has 0 aromatic heterocycles. The van der Waals surface area contributed by atoms with Crippen molar-refractivity contribution in [2.75, 3.05) is 0 Å². The SMILES string of the molecule is Cc1cccc(C(=O)NP(=O)(Cl)Cl)c1C. The van der Waals surface area contributed by atoms with Crippen LogP contribution in [0.15, 0.2) is 18.2 Å². The Labute approximate surface area is 97.8 Å². The first-order chi connectivity index (χ1) is 6.81. The number of nitrogens with one attached hydrogen (secondary N) is 1. The number of rotatable bonds is 2. The Morgan fingerprint density at radius 2 is 1.93 bits per heavy atom. The Balaban J connectivity index is 3.02. The second kappa shape index (κ2) is 4.56. The van der Waals surface area contributed by atoms with Crippen molar-refractivity contribution in [3.63, 3.8) is 0 Å². The summed E-state index contributed by atoms with van der Waals surface area (Å²) in [5.74, 6) is -4.10. The molecule has 0 heterocycles. The van der Waals surface area contributed by atoms with Gasteiger partial charge in [-0.15, -0.1) is 0 Å². The molecule has 0 saturated carbocycles. The van der Waals surface area contributed by atoms with E-state index >= 15 is 0 Å². The third-order valence-electron chi connectivity index (χ3n) is 2.08. The highest BCUT2D eigenvalue weighted by molar-refractivity contribution is 8.07. The molecular formula is C9H10Cl2NO2P. The van der Waals surface area contributed by atoms with E-state index in [0.717, 1.165) is 11.1 Å². The van der Waals surface area contributed by atoms with Crippen LogP contribution in [0.3, 0.4) is 0 Å². The number of benzene rings is 1. The smallest absolute Gasteiger partial charge is 0.279 e. The average Bonchev–Trinajstić information content (AvgIpc) is 2.06. The summed E-state index contributed by atoms with van der Waals surface area (Å²) in [7, 11) is 0. The third-order valence-corrected chi connectivity index (χ3v) is 3.05. The van der Waals surface area contributed by atoms with Gasteiger partial charge in [0.25, 0.3) is 5.91 Å². The number of carbonyl (C=O) groups excluding carboxylic acids is 1. The Kier molecular flexibility index (Phi) is 3.82. The molecule has 15 heavy (non-hydrogen) atoms. The Hall–Kier alpha value is -0.500. The second-order valence-electron chi connectivity index (χ2n) is 3.15. The molecule has 0 radical (unpaired) electrons. The van der Waals surface area contributed by atoms with Crippen LogP contribution in [0.1, 0.15) is 21.5 Å². The first kappa shape index (κ1) is 12.6. The predicted octanol–water partition coefficient (Wildman–Crippen LogP) is 3.62. The molecule has 0 aliphatic rings. The summed E-state index contributed by atoms with van der Waals surface area (Å²) in [6.07, 6.45) is 0. The maximum absolute atomic E-state index is 11.6. The van der Waals surface area contributed by atoms with Crippen molar-refractivity contribution in [2.24, 2.45) is 0 Å². The quantitative estimate of drug-likeness (QED) is 0.831. The molecule has 0 aliphatic carbocycles. The topological polar surface area (TPSA) is 46.2 Å². The first-order valence-corrected chi connectivity index (χ1v) is 7.71. The van der Waals surface area contributed by atoms with Gasteiger partial charge in [0.2, 0.25) is 0 Å². The zero-order valence-corrected chi connectivity index (χ0v) is 10.7. The molecule has 1 rings (SSSR count). The summed E-state index contributed by atoms with van der Waals surface area (Å²) in [6.45, 7) is 3.69. The van der Waals surface area contributed by atoms with Crippen molar-refractivity contribution in [1.82, 2.24) is 5.09 Å². The van der Waals surface area contributed by atoms with Crippen LogP contribution >= 0.6 is 28.5 Å². The maximum atomic E-state index is 11.6. The van der Waals surface area contributed by atoms with Gasteiger partial charge in [-0.3, -0.25) is 14.4 Å². The van der Waals surface area contributed by atoms with E-state index in [0.29, 0.717) is 5.56 Å². The van der Waals surface area contributed by atoms with E-state index in [1.807, 2.05) is 13.0 Å². The molecule has 0 saturated heterocycles. The molecule has 0 spiro atoms. The molecule has 0 fully saturated rings. The minimum atomic E-state index is -3.58. The van der Waals surface area contributed by atoms with Crippen LogP contribution in [0.25, 0.3) is 0 Å². The molecule has 0 unspecified atom stereocenters. The summed E-state index contributed by atoms with van der Waals surface area (Å²) >= 11 is 10.5. The van der Waals surface area contributed by atoms with Crippen molar-refractivity contribution in [3.05, 3.63) is 34.9 Å². The van der Waals surface area contributed by atoms with Crippen molar-refractivity contribution in [3.8, 4) is 0 Å². The van der Waals surface area contributed by atoms with E-state index in [4.69, 9.17) is 22.5 Å². The Morgan fingerprint density at radius 3 is 2.47 bits per heavy atom. The van der Waals surface area contributed by atoms with E-state index in [1.165, 1.54) is 0 Å². The Bertz CT molecular complexity index is 442. The van der Waals surface area contributed by atoms with Gasteiger partial charge in [-0.25, -0.2) is 0 Å². The number of amides is 1. The van der Waals surface area contributed by atoms with Gasteiger partial charge < -0.3 is 0 Å². The van der Waals surface area contributed by atoms with Gasteiger partial charge >= 0.3 is 6.00 Å². The van der Waals surface area contributed by atoms with Crippen molar-refractivity contribution < 1.29 is 9.36 Å². The lowest BCUT2D eigenvalue weighted by atomic mass is 10.0. The standard InChI is InChI=1S/C9H10Cl2NO2P/c1-6-4-3-5-8(7(6)2)9(13)12-15(10,11)14/h3-5H,1-2H3,(H,12,13,14). The van der Waals surface area contributed by atoms with Gasteiger partial charge in [-0.2, -0.15) is 0 Å². The number of aryl methyl sites for hydroxylation is 1. The van der Waals surface area contributed by atoms with Gasteiger partial charge in [0.1, 0.15) is 0 Å². The van der Waals surface area contributed by atoms with E-state index in [-0.39, 0.29) is 0 Å². The lowest BCUT2D eigenvalue weighted by Gasteiger charge is -2.09. The monoisotopic (exact) mass is 265 g/mol. The van der Waals surface area contributed by atoms with E-state index in [9.17, 15) is 9.36 Å². The summed E-state index contributed by atoms with van der Waals surface area (Å²) in [5.41, 5.74) is 2.22. The predicted molar refractivity (Wildman–Crippen MR) is 62.7 cm³/mol. The maximum Gasteiger partial charge on any atom is 0.345 e. The Morgan fingerprint density at radius 1 is 1.33 bits per heavy atom. The summed E-state index contributed by atoms with van der Waals surface area (Å²) < 4.78 is 11.0. The van der Waals surface area contributed by atoms with Crippen molar-refractivity contribution in [1.29, 1.82) is 0 Å². The van der Waals surface area contributed by atoms with Gasteiger partial charge in [-0.05, 0) is 53.5 Å². The van der Waals surface area contributed by atoms with Crippen LogP contribution in [0.2, 0.25) is 0 Å². The van der Waals surface area contributed by atoms with Crippen molar-refractivity contribution >= 4 is 34.4 Å². The van der Waals surface area contributed by atoms with Crippen LogP contribution in [-0.2, 0) is 4.57 Å². The summed E-state index contributed by atoms with van der Waals surface area (Å²) in [5, 5.41) is 2.05. The molecular weight excluding hydrogens is 256 g/mol. The fraction of sp³-hybridized carbons (Fsp3) is 0.222. The lowest BCUT2D eigenvalue weighted by Crippen LogP contribution is -2.18. The fourth-order valence-corrected chi connectivity index (χ4v) is 1.99. The van der Waals surface area contributed by atoms with E-state index < -0.39 is 11.9 Å². The van der Waals surface area contributed by atoms with E-state index in [2.05, 4.69) is 5.09 Å². The highest BCUT2D eigenvalue weighted by atomic mass is 35.9. The summed E-state index contributed by atoms with van der Waals surface area (Å²) in [6, 6.07) is 5.25. The molecule has 1 aromatic rings. The number of hydrogen-bond acceptors (Lipinski definition) is 2. The van der Waals surface area contributed by atoms with E-state index in [1.54, 1.807) is 19.1 Å². The largest absolute Gasteiger partial charge is 0.345 e. The average molecular weight is 266 g/mol. The third kappa shape index (κ3) is 3.53. The van der Waals surface area contributed by atoms with Crippen LogP contribution in [-0.4, -0.2) is 5.91 Å². The molecule has 3 nitrogen and oxygen atoms in total. The van der Waals surface area contributed by atoms with Gasteiger partial charge in [0, 0.05) is 5.56 Å².